The van der Waals surface area contributed by atoms with E-state index in [0.29, 0.717) is 36.6 Å². The van der Waals surface area contributed by atoms with E-state index in [2.05, 4.69) is 32.7 Å². The van der Waals surface area contributed by atoms with Crippen LogP contribution in [0.2, 0.25) is 0 Å². The van der Waals surface area contributed by atoms with Gasteiger partial charge in [-0.25, -0.2) is 13.8 Å². The van der Waals surface area contributed by atoms with Crippen LogP contribution in [0.15, 0.2) is 54.7 Å². The molecule has 3 aliphatic rings. The van der Waals surface area contributed by atoms with Crippen molar-refractivity contribution in [3.05, 3.63) is 88.9 Å². The van der Waals surface area contributed by atoms with E-state index in [-0.39, 0.29) is 17.7 Å². The highest BCUT2D eigenvalue weighted by Crippen LogP contribution is 2.44. The number of anilines is 2. The van der Waals surface area contributed by atoms with Crippen LogP contribution >= 0.6 is 0 Å². The van der Waals surface area contributed by atoms with Gasteiger partial charge in [0.1, 0.15) is 28.7 Å². The lowest BCUT2D eigenvalue weighted by Crippen LogP contribution is -2.32. The lowest BCUT2D eigenvalue weighted by atomic mass is 9.93. The number of imidazole rings is 1. The molecule has 5 heterocycles. The Morgan fingerprint density at radius 2 is 1.86 bits per heavy atom. The van der Waals surface area contributed by atoms with Gasteiger partial charge in [-0.1, -0.05) is 24.3 Å². The molecule has 2 fully saturated rings. The quantitative estimate of drug-likeness (QED) is 0.174. The second-order valence-electron chi connectivity index (χ2n) is 13.7. The molecule has 0 aliphatic carbocycles. The number of hydrogen-bond donors (Lipinski definition) is 2. The number of hydrogen-bond acceptors (Lipinski definition) is 6. The van der Waals surface area contributed by atoms with Crippen LogP contribution in [0.1, 0.15) is 46.6 Å². The number of carbonyl (C=O) groups is 2. The summed E-state index contributed by atoms with van der Waals surface area (Å²) in [5.41, 5.74) is 6.53. The van der Waals surface area contributed by atoms with Crippen molar-refractivity contribution in [2.45, 2.75) is 57.8 Å². The van der Waals surface area contributed by atoms with E-state index in [0.717, 1.165) is 76.1 Å². The highest BCUT2D eigenvalue weighted by molar-refractivity contribution is 6.19. The summed E-state index contributed by atoms with van der Waals surface area (Å²) in [5.74, 6) is -2.34. The first-order chi connectivity index (χ1) is 23.5. The van der Waals surface area contributed by atoms with Crippen LogP contribution < -0.4 is 10.2 Å². The van der Waals surface area contributed by atoms with Crippen LogP contribution in [-0.2, 0) is 18.4 Å². The summed E-state index contributed by atoms with van der Waals surface area (Å²) < 4.78 is 34.9. The molecule has 2 N–H and O–H groups in total. The van der Waals surface area contributed by atoms with Crippen molar-refractivity contribution >= 4 is 45.0 Å². The van der Waals surface area contributed by atoms with E-state index in [1.165, 1.54) is 6.08 Å². The molecule has 0 radical (unpaired) electrons. The van der Waals surface area contributed by atoms with Crippen LogP contribution in [-0.4, -0.2) is 74.1 Å². The van der Waals surface area contributed by atoms with E-state index >= 15 is 8.78 Å². The molecule has 0 unspecified atom stereocenters. The number of para-hydroxylation sites is 1. The lowest BCUT2D eigenvalue weighted by molar-refractivity contribution is -0.112. The Balaban J connectivity index is 1.10. The van der Waals surface area contributed by atoms with E-state index in [9.17, 15) is 14.7 Å². The van der Waals surface area contributed by atoms with Gasteiger partial charge < -0.3 is 24.5 Å². The van der Waals surface area contributed by atoms with Crippen LogP contribution in [0, 0.1) is 25.5 Å². The summed E-state index contributed by atoms with van der Waals surface area (Å²) in [6, 6.07) is 10.3. The third-order valence-electron chi connectivity index (χ3n) is 10.8. The second-order valence-corrected chi connectivity index (χ2v) is 13.7. The minimum Gasteiger partial charge on any atom is -0.391 e. The fourth-order valence-electron chi connectivity index (χ4n) is 8.33. The SMILES string of the molecule is Cc1cc2c(nc(C)n2C)c2c1-c1cccc3c(C(=O)c4cc(F)c(NC(=O)/C=C/CN5[C@@H]6CC[C@H]5[C@@H](O)C6)c(F)c4)cn(c13)CCN2C. The maximum Gasteiger partial charge on any atom is 0.248 e. The number of aliphatic hydroxyl groups is 1. The number of likely N-dealkylation sites (N-methyl/N-ethyl adjacent to an activating group) is 1. The molecular formula is C38H38F2N6O3. The summed E-state index contributed by atoms with van der Waals surface area (Å²) in [6.45, 7) is 5.78. The number of amides is 1. The van der Waals surface area contributed by atoms with Crippen LogP contribution in [0.3, 0.4) is 0 Å². The third-order valence-corrected chi connectivity index (χ3v) is 10.8. The average Bonchev–Trinajstić information content (AvgIpc) is 3.80. The molecule has 0 spiro atoms. The van der Waals surface area contributed by atoms with Crippen molar-refractivity contribution in [1.82, 2.24) is 19.0 Å². The summed E-state index contributed by atoms with van der Waals surface area (Å²) in [4.78, 5) is 35.9. The summed E-state index contributed by atoms with van der Waals surface area (Å²) >= 11 is 0. The number of aromatic nitrogens is 3. The Kier molecular flexibility index (Phi) is 7.45. The molecule has 49 heavy (non-hydrogen) atoms. The fraction of sp³-hybridized carbons (Fsp3) is 0.342. The van der Waals surface area contributed by atoms with Crippen molar-refractivity contribution in [3.63, 3.8) is 0 Å². The van der Waals surface area contributed by atoms with Gasteiger partial charge in [0.05, 0.1) is 22.8 Å². The Bertz CT molecular complexity index is 2210. The number of nitrogens with zero attached hydrogens (tertiary/aromatic N) is 5. The number of aryl methyl sites for hydroxylation is 3. The molecule has 11 heteroatoms. The zero-order valence-corrected chi connectivity index (χ0v) is 27.9. The predicted molar refractivity (Wildman–Crippen MR) is 186 cm³/mol. The van der Waals surface area contributed by atoms with Gasteiger partial charge in [0, 0.05) is 85.7 Å². The van der Waals surface area contributed by atoms with Crippen molar-refractivity contribution in [2.75, 3.05) is 30.4 Å². The maximum atomic E-state index is 15.4. The molecule has 2 bridgehead atoms. The van der Waals surface area contributed by atoms with E-state index < -0.39 is 29.0 Å². The number of carbonyl (C=O) groups excluding carboxylic acids is 2. The van der Waals surface area contributed by atoms with E-state index in [1.54, 1.807) is 12.3 Å². The van der Waals surface area contributed by atoms with E-state index in [4.69, 9.17) is 4.98 Å². The zero-order chi connectivity index (χ0) is 34.3. The largest absolute Gasteiger partial charge is 0.391 e. The fourth-order valence-corrected chi connectivity index (χ4v) is 8.33. The third kappa shape index (κ3) is 4.97. The Hall–Kier alpha value is -4.87. The summed E-state index contributed by atoms with van der Waals surface area (Å²) in [6.07, 6.45) is 6.99. The number of ketones is 1. The summed E-state index contributed by atoms with van der Waals surface area (Å²) in [7, 11) is 4.06. The van der Waals surface area contributed by atoms with Gasteiger partial charge in [-0.05, 0) is 56.9 Å². The monoisotopic (exact) mass is 664 g/mol. The molecule has 1 amide bonds. The Labute approximate surface area is 282 Å². The van der Waals surface area contributed by atoms with Gasteiger partial charge in [-0.3, -0.25) is 14.5 Å². The molecule has 5 aromatic rings. The van der Waals surface area contributed by atoms with Gasteiger partial charge in [-0.15, -0.1) is 0 Å². The van der Waals surface area contributed by atoms with Crippen molar-refractivity contribution in [3.8, 4) is 11.1 Å². The minimum absolute atomic E-state index is 0.0915. The number of benzene rings is 3. The molecule has 9 nitrogen and oxygen atoms in total. The molecule has 252 valence electrons. The minimum atomic E-state index is -1.03. The first-order valence-electron chi connectivity index (χ1n) is 16.8. The molecule has 3 atom stereocenters. The van der Waals surface area contributed by atoms with Crippen molar-refractivity contribution in [1.29, 1.82) is 0 Å². The number of halogens is 2. The number of nitrogens with one attached hydrogen (secondary N) is 1. The number of fused-ring (bicyclic) bond motifs is 6. The highest BCUT2D eigenvalue weighted by Gasteiger charge is 2.44. The Morgan fingerprint density at radius 3 is 2.57 bits per heavy atom. The smallest absolute Gasteiger partial charge is 0.248 e. The van der Waals surface area contributed by atoms with Crippen LogP contribution in [0.5, 0.6) is 0 Å². The molecular weight excluding hydrogens is 626 g/mol. The summed E-state index contributed by atoms with van der Waals surface area (Å²) in [5, 5.41) is 13.1. The predicted octanol–water partition coefficient (Wildman–Crippen LogP) is 5.86. The van der Waals surface area contributed by atoms with Gasteiger partial charge in [0.2, 0.25) is 5.91 Å². The van der Waals surface area contributed by atoms with Crippen LogP contribution in [0.25, 0.3) is 33.1 Å². The van der Waals surface area contributed by atoms with Gasteiger partial charge in [0.25, 0.3) is 0 Å². The molecule has 0 saturated carbocycles. The molecule has 3 aliphatic heterocycles. The highest BCUT2D eigenvalue weighted by atomic mass is 19.1. The first-order valence-corrected chi connectivity index (χ1v) is 16.8. The number of aliphatic hydroxyl groups excluding tert-OH is 1. The average molecular weight is 665 g/mol. The topological polar surface area (TPSA) is 95.6 Å². The zero-order valence-electron chi connectivity index (χ0n) is 27.9. The van der Waals surface area contributed by atoms with Crippen molar-refractivity contribution in [2.24, 2.45) is 7.05 Å². The normalized spacial score (nSPS) is 20.4. The molecule has 2 aromatic heterocycles. The van der Waals surface area contributed by atoms with Gasteiger partial charge >= 0.3 is 0 Å². The second kappa shape index (κ2) is 11.6. The standard InChI is InChI=1S/C38H38F2N6O3/c1-20-15-30-35(41-21(2)44(30)4)37-33(20)25-8-5-7-24-26(19-45(36(24)25)14-13-43(37)3)38(49)22-16-27(39)34(28(40)17-22)42-32(48)9-6-12-46-23-10-11-29(46)31(47)18-23/h5-9,15-17,19,23,29,31,47H,10-14,18H2,1-4H3,(H,42,48)/b9-6+/t23-,29+,31+/m1/s1. The molecule has 8 rings (SSSR count). The van der Waals surface area contributed by atoms with Crippen LogP contribution in [0.4, 0.5) is 20.2 Å². The Morgan fingerprint density at radius 1 is 1.08 bits per heavy atom. The van der Waals surface area contributed by atoms with Gasteiger partial charge in [0.15, 0.2) is 5.78 Å². The maximum absolute atomic E-state index is 15.4. The lowest BCUT2D eigenvalue weighted by Gasteiger charge is -2.28. The molecule has 3 aromatic carbocycles. The van der Waals surface area contributed by atoms with Gasteiger partial charge in [-0.2, -0.15) is 0 Å². The first kappa shape index (κ1) is 31.4. The molecule has 2 saturated heterocycles. The van der Waals surface area contributed by atoms with Crippen molar-refractivity contribution < 1.29 is 23.5 Å². The van der Waals surface area contributed by atoms with E-state index in [1.807, 2.05) is 43.8 Å². The number of rotatable bonds is 6.